The lowest BCUT2D eigenvalue weighted by atomic mass is 10.3. The summed E-state index contributed by atoms with van der Waals surface area (Å²) in [6.45, 7) is 0. The van der Waals surface area contributed by atoms with Gasteiger partial charge in [-0.15, -0.1) is 5.10 Å². The van der Waals surface area contributed by atoms with Gasteiger partial charge in [-0.05, 0) is 28.1 Å². The van der Waals surface area contributed by atoms with Gasteiger partial charge in [-0.1, -0.05) is 21.1 Å². The number of hydrogen-bond acceptors (Lipinski definition) is 4. The number of halogens is 4. The van der Waals surface area contributed by atoms with Gasteiger partial charge in [0.05, 0.1) is 0 Å². The molecule has 1 aromatic heterocycles. The Labute approximate surface area is 129 Å². The fraction of sp³-hybridized carbons (Fsp3) is 0.111. The van der Waals surface area contributed by atoms with Crippen molar-refractivity contribution < 1.29 is 17.2 Å². The molecule has 108 valence electrons. The molecule has 6 nitrogen and oxygen atoms in total. The molecule has 0 saturated heterocycles. The minimum atomic E-state index is -4.24. The Morgan fingerprint density at radius 3 is 2.25 bits per heavy atom. The van der Waals surface area contributed by atoms with Crippen LogP contribution < -0.4 is 4.72 Å². The maximum atomic E-state index is 13.6. The molecular formula is C9H6Br2F2N4O2S. The van der Waals surface area contributed by atoms with Crippen LogP contribution in [0.1, 0.15) is 0 Å². The standard InChI is InChI=1S/C9H6Br2F2N4O2S/c1-17-9(8(11)14-16-17)20(18,19)15-7-5(12)2-4(10)3-6(7)13/h2-3,15H,1H3. The van der Waals surface area contributed by atoms with Gasteiger partial charge in [0.25, 0.3) is 10.0 Å². The monoisotopic (exact) mass is 430 g/mol. The highest BCUT2D eigenvalue weighted by molar-refractivity contribution is 9.10. The van der Waals surface area contributed by atoms with Crippen LogP contribution in [0.25, 0.3) is 0 Å². The van der Waals surface area contributed by atoms with Gasteiger partial charge >= 0.3 is 0 Å². The van der Waals surface area contributed by atoms with Gasteiger partial charge in [0.2, 0.25) is 5.03 Å². The van der Waals surface area contributed by atoms with Crippen LogP contribution in [0.15, 0.2) is 26.2 Å². The van der Waals surface area contributed by atoms with E-state index in [1.165, 1.54) is 7.05 Å². The summed E-state index contributed by atoms with van der Waals surface area (Å²) >= 11 is 5.81. The molecule has 0 saturated carbocycles. The summed E-state index contributed by atoms with van der Waals surface area (Å²) in [4.78, 5) is 0. The zero-order valence-corrected chi connectivity index (χ0v) is 13.7. The van der Waals surface area contributed by atoms with Gasteiger partial charge < -0.3 is 0 Å². The number of benzene rings is 1. The number of anilines is 1. The van der Waals surface area contributed by atoms with Crippen LogP contribution in [0.5, 0.6) is 0 Å². The Balaban J connectivity index is 2.50. The summed E-state index contributed by atoms with van der Waals surface area (Å²) < 4.78 is 54.4. The number of nitrogens with zero attached hydrogens (tertiary/aromatic N) is 3. The minimum absolute atomic E-state index is 0.0644. The van der Waals surface area contributed by atoms with Gasteiger partial charge in [0.15, 0.2) is 16.2 Å². The van der Waals surface area contributed by atoms with Crippen molar-refractivity contribution in [1.82, 2.24) is 15.0 Å². The Kier molecular flexibility index (Phi) is 4.12. The molecule has 20 heavy (non-hydrogen) atoms. The number of nitrogens with one attached hydrogen (secondary N) is 1. The first-order valence-electron chi connectivity index (χ1n) is 4.95. The molecule has 2 aromatic rings. The van der Waals surface area contributed by atoms with Gasteiger partial charge in [-0.25, -0.2) is 13.5 Å². The number of aryl methyl sites for hydroxylation is 1. The highest BCUT2D eigenvalue weighted by Gasteiger charge is 2.26. The van der Waals surface area contributed by atoms with Crippen molar-refractivity contribution in [2.45, 2.75) is 5.03 Å². The second-order valence-corrected chi connectivity index (χ2v) is 6.92. The van der Waals surface area contributed by atoms with E-state index in [2.05, 4.69) is 42.2 Å². The zero-order valence-electron chi connectivity index (χ0n) is 9.73. The third-order valence-electron chi connectivity index (χ3n) is 2.23. The molecule has 1 N–H and O–H groups in total. The molecule has 1 aromatic carbocycles. The smallest absolute Gasteiger partial charge is 0.272 e. The van der Waals surface area contributed by atoms with Crippen molar-refractivity contribution in [1.29, 1.82) is 0 Å². The first kappa shape index (κ1) is 15.3. The lowest BCUT2D eigenvalue weighted by molar-refractivity contribution is 0.570. The first-order chi connectivity index (χ1) is 9.22. The predicted octanol–water partition coefficient (Wildman–Crippen LogP) is 2.42. The maximum Gasteiger partial charge on any atom is 0.282 e. The molecular weight excluding hydrogens is 426 g/mol. The lowest BCUT2D eigenvalue weighted by Gasteiger charge is -2.10. The SMILES string of the molecule is Cn1nnc(Br)c1S(=O)(=O)Nc1c(F)cc(Br)cc1F. The fourth-order valence-electron chi connectivity index (χ4n) is 1.43. The maximum absolute atomic E-state index is 13.6. The van der Waals surface area contributed by atoms with Crippen LogP contribution in [0, 0.1) is 11.6 Å². The first-order valence-corrected chi connectivity index (χ1v) is 8.02. The predicted molar refractivity (Wildman–Crippen MR) is 73.6 cm³/mol. The molecule has 0 spiro atoms. The second-order valence-electron chi connectivity index (χ2n) is 3.66. The lowest BCUT2D eigenvalue weighted by Crippen LogP contribution is -2.18. The summed E-state index contributed by atoms with van der Waals surface area (Å²) in [6.07, 6.45) is 0. The summed E-state index contributed by atoms with van der Waals surface area (Å²) in [7, 11) is -2.91. The van der Waals surface area contributed by atoms with Crippen LogP contribution in [-0.4, -0.2) is 23.4 Å². The Morgan fingerprint density at radius 2 is 1.80 bits per heavy atom. The Morgan fingerprint density at radius 1 is 1.25 bits per heavy atom. The zero-order chi connectivity index (χ0) is 15.1. The molecule has 0 fully saturated rings. The van der Waals surface area contributed by atoms with E-state index >= 15 is 0 Å². The molecule has 0 atom stereocenters. The van der Waals surface area contributed by atoms with E-state index in [0.717, 1.165) is 16.8 Å². The average molecular weight is 432 g/mol. The van der Waals surface area contributed by atoms with E-state index in [-0.39, 0.29) is 14.1 Å². The Bertz CT molecular complexity index is 736. The highest BCUT2D eigenvalue weighted by atomic mass is 79.9. The molecule has 0 aliphatic rings. The van der Waals surface area contributed by atoms with Crippen molar-refractivity contribution in [2.24, 2.45) is 7.05 Å². The minimum Gasteiger partial charge on any atom is -0.272 e. The number of aromatic nitrogens is 3. The van der Waals surface area contributed by atoms with Gasteiger partial charge in [0, 0.05) is 11.5 Å². The topological polar surface area (TPSA) is 76.9 Å². The van der Waals surface area contributed by atoms with Gasteiger partial charge in [-0.2, -0.15) is 8.42 Å². The van der Waals surface area contributed by atoms with Crippen molar-refractivity contribution in [3.63, 3.8) is 0 Å². The molecule has 0 aliphatic heterocycles. The summed E-state index contributed by atoms with van der Waals surface area (Å²) in [5.41, 5.74) is -0.777. The van der Waals surface area contributed by atoms with Crippen LogP contribution >= 0.6 is 31.9 Å². The third kappa shape index (κ3) is 2.83. The fourth-order valence-corrected chi connectivity index (χ4v) is 4.01. The van der Waals surface area contributed by atoms with Crippen LogP contribution in [-0.2, 0) is 17.1 Å². The molecule has 0 bridgehead atoms. The number of sulfonamides is 1. The second kappa shape index (κ2) is 5.37. The molecule has 1 heterocycles. The third-order valence-corrected chi connectivity index (χ3v) is 4.93. The largest absolute Gasteiger partial charge is 0.282 e. The normalized spacial score (nSPS) is 11.7. The summed E-state index contributed by atoms with van der Waals surface area (Å²) in [6, 6.07) is 1.88. The van der Waals surface area contributed by atoms with Gasteiger partial charge in [0.1, 0.15) is 5.69 Å². The van der Waals surface area contributed by atoms with Crippen LogP contribution in [0.4, 0.5) is 14.5 Å². The van der Waals surface area contributed by atoms with Crippen LogP contribution in [0.2, 0.25) is 0 Å². The van der Waals surface area contributed by atoms with Crippen LogP contribution in [0.3, 0.4) is 0 Å². The van der Waals surface area contributed by atoms with E-state index in [9.17, 15) is 17.2 Å². The average Bonchev–Trinajstić information content (AvgIpc) is 2.64. The van der Waals surface area contributed by atoms with Crippen molar-refractivity contribution in [3.8, 4) is 0 Å². The quantitative estimate of drug-likeness (QED) is 0.809. The van der Waals surface area contributed by atoms with Crippen molar-refractivity contribution in [2.75, 3.05) is 4.72 Å². The molecule has 0 radical (unpaired) electrons. The van der Waals surface area contributed by atoms with E-state index < -0.39 is 27.3 Å². The molecule has 11 heteroatoms. The van der Waals surface area contributed by atoms with Crippen molar-refractivity contribution >= 4 is 47.6 Å². The van der Waals surface area contributed by atoms with Gasteiger partial charge in [-0.3, -0.25) is 4.72 Å². The molecule has 0 aliphatic carbocycles. The van der Waals surface area contributed by atoms with E-state index in [0.29, 0.717) is 0 Å². The molecule has 0 unspecified atom stereocenters. The van der Waals surface area contributed by atoms with E-state index in [4.69, 9.17) is 0 Å². The summed E-state index contributed by atoms with van der Waals surface area (Å²) in [5.74, 6) is -2.10. The van der Waals surface area contributed by atoms with E-state index in [1.54, 1.807) is 0 Å². The number of hydrogen-bond donors (Lipinski definition) is 1. The van der Waals surface area contributed by atoms with E-state index in [1.807, 2.05) is 4.72 Å². The molecule has 0 amide bonds. The summed E-state index contributed by atoms with van der Waals surface area (Å²) in [5, 5.41) is 6.64. The van der Waals surface area contributed by atoms with Crippen molar-refractivity contribution in [3.05, 3.63) is 32.8 Å². The molecule has 2 rings (SSSR count). The Hall–Kier alpha value is -1.07. The number of rotatable bonds is 3. The highest BCUT2D eigenvalue weighted by Crippen LogP contribution is 2.27.